The van der Waals surface area contributed by atoms with E-state index in [9.17, 15) is 9.59 Å². The highest BCUT2D eigenvalue weighted by atomic mass is 32.2. The van der Waals surface area contributed by atoms with Crippen LogP contribution in [0.15, 0.2) is 48.5 Å². The van der Waals surface area contributed by atoms with Crippen molar-refractivity contribution in [1.29, 1.82) is 0 Å². The molecule has 1 aliphatic rings. The lowest BCUT2D eigenvalue weighted by molar-refractivity contribution is -0.142. The van der Waals surface area contributed by atoms with Gasteiger partial charge in [-0.3, -0.25) is 9.59 Å². The molecule has 3 rings (SSSR count). The van der Waals surface area contributed by atoms with Gasteiger partial charge in [0.1, 0.15) is 20.5 Å². The minimum absolute atomic E-state index is 0.00573. The van der Waals surface area contributed by atoms with E-state index in [1.54, 1.807) is 23.5 Å². The van der Waals surface area contributed by atoms with E-state index in [0.717, 1.165) is 121 Å². The van der Waals surface area contributed by atoms with Gasteiger partial charge >= 0.3 is 0 Å². The van der Waals surface area contributed by atoms with E-state index < -0.39 is 11.8 Å². The molecule has 0 saturated heterocycles. The van der Waals surface area contributed by atoms with Gasteiger partial charge in [0.2, 0.25) is 0 Å². The van der Waals surface area contributed by atoms with Crippen LogP contribution in [0.3, 0.4) is 0 Å². The van der Waals surface area contributed by atoms with Gasteiger partial charge in [0.25, 0.3) is 0 Å². The Kier molecular flexibility index (Phi) is 17.8. The zero-order valence-corrected chi connectivity index (χ0v) is 33.2. The second-order valence-electron chi connectivity index (χ2n) is 12.1. The number of anilines is 2. The maximum Gasteiger partial charge on any atom is 0.162 e. The lowest BCUT2D eigenvalue weighted by atomic mass is 9.66. The number of hydrogen-bond donors (Lipinski definition) is 0. The maximum atomic E-state index is 13.4. The molecule has 1 aliphatic carbocycles. The molecule has 1 saturated carbocycles. The van der Waals surface area contributed by atoms with Crippen molar-refractivity contribution >= 4 is 79.5 Å². The number of carbonyl (C=O) groups is 2. The molecule has 264 valence electrons. The van der Waals surface area contributed by atoms with Crippen LogP contribution in [-0.2, 0) is 9.59 Å². The van der Waals surface area contributed by atoms with Crippen LogP contribution in [0.1, 0.15) is 90.2 Å². The fourth-order valence-corrected chi connectivity index (χ4v) is 8.87. The van der Waals surface area contributed by atoms with Crippen molar-refractivity contribution in [2.24, 2.45) is 0 Å². The van der Waals surface area contributed by atoms with Crippen molar-refractivity contribution in [2.45, 2.75) is 79.1 Å². The van der Waals surface area contributed by atoms with Gasteiger partial charge in [0.05, 0.1) is 0 Å². The molecule has 0 spiro atoms. The summed E-state index contributed by atoms with van der Waals surface area (Å²) in [6.45, 7) is 20.3. The van der Waals surface area contributed by atoms with Crippen LogP contribution in [0, 0.1) is 0 Å². The monoisotopic (exact) mass is 728 g/mol. The molecule has 2 aromatic rings. The number of carbonyl (C=O) groups excluding carboxylic acids is 2. The smallest absolute Gasteiger partial charge is 0.162 e. The molecule has 0 N–H and O–H groups in total. The van der Waals surface area contributed by atoms with Crippen molar-refractivity contribution < 1.29 is 9.59 Å². The highest BCUT2D eigenvalue weighted by Gasteiger charge is 2.50. The van der Waals surface area contributed by atoms with Crippen molar-refractivity contribution in [3.63, 3.8) is 0 Å². The molecule has 0 amide bonds. The molecule has 2 aromatic carbocycles. The predicted octanol–water partition coefficient (Wildman–Crippen LogP) is 8.64. The normalized spacial score (nSPS) is 15.6. The third kappa shape index (κ3) is 10.9. The van der Waals surface area contributed by atoms with E-state index in [2.05, 4.69) is 85.4 Å². The van der Waals surface area contributed by atoms with E-state index >= 15 is 0 Å². The summed E-state index contributed by atoms with van der Waals surface area (Å²) in [6.07, 6.45) is 4.61. The minimum atomic E-state index is -0.688. The Bertz CT molecular complexity index is 1260. The SMILES string of the molecule is CCCCN(CCCC)c1ccc(C2C(=O)C(c3ccc(N(CCSC(=S)N(CC)CC)CCSC(=S)N(CC)CC)cc3)C2=O)cc1. The summed E-state index contributed by atoms with van der Waals surface area (Å²) in [5.74, 6) is 0.377. The summed E-state index contributed by atoms with van der Waals surface area (Å²) in [6, 6.07) is 16.2. The van der Waals surface area contributed by atoms with Gasteiger partial charge in [0, 0.05) is 75.2 Å². The van der Waals surface area contributed by atoms with Gasteiger partial charge in [-0.05, 0) is 75.9 Å². The van der Waals surface area contributed by atoms with Gasteiger partial charge in [0.15, 0.2) is 11.6 Å². The standard InChI is InChI=1S/C38H56N4O2S4/c1-7-13-23-41(24-14-8-2)31-19-15-29(16-20-31)33-35(43)34(36(33)44)30-17-21-32(22-18-30)42(25-27-47-37(45)39(9-3)10-4)26-28-48-38(46)40(11-5)12-6/h15-22,33-34H,7-14,23-28H2,1-6H3. The van der Waals surface area contributed by atoms with E-state index in [4.69, 9.17) is 24.4 Å². The average Bonchev–Trinajstić information content (AvgIpc) is 3.09. The van der Waals surface area contributed by atoms with E-state index in [1.165, 1.54) is 0 Å². The molecule has 10 heteroatoms. The van der Waals surface area contributed by atoms with Crippen LogP contribution in [0.5, 0.6) is 0 Å². The Morgan fingerprint density at radius 3 is 1.21 bits per heavy atom. The minimum Gasteiger partial charge on any atom is -0.372 e. The highest BCUT2D eigenvalue weighted by Crippen LogP contribution is 2.41. The third-order valence-electron chi connectivity index (χ3n) is 9.10. The maximum absolute atomic E-state index is 13.4. The van der Waals surface area contributed by atoms with Crippen LogP contribution in [-0.4, -0.2) is 93.9 Å². The summed E-state index contributed by atoms with van der Waals surface area (Å²) in [4.78, 5) is 36.1. The molecule has 0 bridgehead atoms. The number of rotatable bonds is 20. The first-order chi connectivity index (χ1) is 23.2. The van der Waals surface area contributed by atoms with Crippen LogP contribution in [0.25, 0.3) is 0 Å². The Balaban J connectivity index is 1.68. The molecule has 48 heavy (non-hydrogen) atoms. The molecule has 0 heterocycles. The fourth-order valence-electron chi connectivity index (χ4n) is 6.00. The Hall–Kier alpha value is -2.14. The van der Waals surface area contributed by atoms with Crippen molar-refractivity contribution in [3.05, 3.63) is 59.7 Å². The van der Waals surface area contributed by atoms with Gasteiger partial charge in [-0.1, -0.05) is 98.9 Å². The molecule has 0 aliphatic heterocycles. The highest BCUT2D eigenvalue weighted by molar-refractivity contribution is 8.23. The third-order valence-corrected chi connectivity index (χ3v) is 12.1. The van der Waals surface area contributed by atoms with Gasteiger partial charge < -0.3 is 19.6 Å². The number of thiocarbonyl (C=S) groups is 2. The van der Waals surface area contributed by atoms with Gasteiger partial charge in [-0.15, -0.1) is 0 Å². The fraction of sp³-hybridized carbons (Fsp3) is 0.579. The Morgan fingerprint density at radius 1 is 0.562 bits per heavy atom. The first-order valence-corrected chi connectivity index (χ1v) is 20.6. The quantitative estimate of drug-likeness (QED) is 0.0979. The van der Waals surface area contributed by atoms with E-state index in [0.29, 0.717) is 0 Å². The lowest BCUT2D eigenvalue weighted by Gasteiger charge is -2.33. The molecular formula is C38H56N4O2S4. The molecule has 0 unspecified atom stereocenters. The van der Waals surface area contributed by atoms with Crippen molar-refractivity contribution in [3.8, 4) is 0 Å². The zero-order valence-electron chi connectivity index (χ0n) is 29.9. The zero-order chi connectivity index (χ0) is 35.1. The number of nitrogens with zero attached hydrogens (tertiary/aromatic N) is 4. The number of hydrogen-bond acceptors (Lipinski definition) is 8. The summed E-state index contributed by atoms with van der Waals surface area (Å²) in [5, 5.41) is 0. The average molecular weight is 729 g/mol. The van der Waals surface area contributed by atoms with Crippen molar-refractivity contribution in [1.82, 2.24) is 9.80 Å². The first-order valence-electron chi connectivity index (χ1n) is 17.8. The molecule has 0 atom stereocenters. The van der Waals surface area contributed by atoms with Crippen LogP contribution >= 0.6 is 48.0 Å². The van der Waals surface area contributed by atoms with Gasteiger partial charge in [-0.2, -0.15) is 0 Å². The largest absolute Gasteiger partial charge is 0.372 e. The molecular weight excluding hydrogens is 673 g/mol. The van der Waals surface area contributed by atoms with Crippen LogP contribution in [0.2, 0.25) is 0 Å². The second-order valence-corrected chi connectivity index (χ2v) is 15.6. The van der Waals surface area contributed by atoms with Crippen LogP contribution < -0.4 is 9.80 Å². The molecule has 0 radical (unpaired) electrons. The topological polar surface area (TPSA) is 47.1 Å². The lowest BCUT2D eigenvalue weighted by Crippen LogP contribution is -2.44. The molecule has 1 fully saturated rings. The predicted molar refractivity (Wildman–Crippen MR) is 219 cm³/mol. The Labute approximate surface area is 309 Å². The number of unbranched alkanes of at least 4 members (excludes halogenated alkanes) is 2. The second kappa shape index (κ2) is 21.2. The number of thioether (sulfide) groups is 2. The van der Waals surface area contributed by atoms with Gasteiger partial charge in [-0.25, -0.2) is 0 Å². The van der Waals surface area contributed by atoms with E-state index in [-0.39, 0.29) is 11.6 Å². The Morgan fingerprint density at radius 2 is 0.896 bits per heavy atom. The summed E-state index contributed by atoms with van der Waals surface area (Å²) in [7, 11) is 0. The van der Waals surface area contributed by atoms with E-state index in [1.807, 2.05) is 24.3 Å². The summed E-state index contributed by atoms with van der Waals surface area (Å²) < 4.78 is 1.87. The molecule has 0 aromatic heterocycles. The summed E-state index contributed by atoms with van der Waals surface area (Å²) >= 11 is 14.8. The number of benzene rings is 2. The number of Topliss-reactive ketones (excluding diaryl/α,β-unsaturated/α-hetero) is 2. The summed E-state index contributed by atoms with van der Waals surface area (Å²) in [5.41, 5.74) is 3.82. The first kappa shape index (κ1) is 40.3. The molecule has 6 nitrogen and oxygen atoms in total. The number of ketones is 2. The van der Waals surface area contributed by atoms with Crippen molar-refractivity contribution in [2.75, 3.05) is 73.7 Å². The van der Waals surface area contributed by atoms with Crippen LogP contribution in [0.4, 0.5) is 11.4 Å².